The van der Waals surface area contributed by atoms with Crippen molar-refractivity contribution in [3.05, 3.63) is 41.9 Å². The summed E-state index contributed by atoms with van der Waals surface area (Å²) in [6, 6.07) is 3.64. The Morgan fingerprint density at radius 1 is 1.32 bits per heavy atom. The lowest BCUT2D eigenvalue weighted by atomic mass is 9.94. The highest BCUT2D eigenvalue weighted by Crippen LogP contribution is 2.21. The highest BCUT2D eigenvalue weighted by atomic mass is 16.2. The topological polar surface area (TPSA) is 76.8 Å². The minimum absolute atomic E-state index is 0.216. The first kappa shape index (κ1) is 17.3. The molecule has 0 saturated heterocycles. The lowest BCUT2D eigenvalue weighted by Gasteiger charge is -2.19. The Kier molecular flexibility index (Phi) is 5.53. The summed E-state index contributed by atoms with van der Waals surface area (Å²) in [6.07, 6.45) is 9.57. The summed E-state index contributed by atoms with van der Waals surface area (Å²) in [4.78, 5) is 12.1. The Bertz CT molecular complexity index is 745. The van der Waals surface area contributed by atoms with E-state index in [1.54, 1.807) is 6.20 Å². The zero-order valence-electron chi connectivity index (χ0n) is 14.9. The van der Waals surface area contributed by atoms with Crippen LogP contribution in [-0.2, 0) is 13.1 Å². The van der Waals surface area contributed by atoms with Gasteiger partial charge in [0, 0.05) is 24.8 Å². The normalized spacial score (nSPS) is 16.8. The average molecular weight is 342 g/mol. The number of rotatable bonds is 6. The van der Waals surface area contributed by atoms with Gasteiger partial charge in [-0.05, 0) is 45.1 Å². The summed E-state index contributed by atoms with van der Waals surface area (Å²) in [6.45, 7) is 5.99. The van der Waals surface area contributed by atoms with E-state index >= 15 is 0 Å². The molecule has 25 heavy (non-hydrogen) atoms. The number of nitrogens with one attached hydrogen (secondary N) is 2. The molecular weight excluding hydrogens is 316 g/mol. The van der Waals surface area contributed by atoms with Crippen LogP contribution < -0.4 is 10.6 Å². The van der Waals surface area contributed by atoms with Gasteiger partial charge in [0.1, 0.15) is 5.82 Å². The molecule has 1 aliphatic carbocycles. The summed E-state index contributed by atoms with van der Waals surface area (Å²) in [5.41, 5.74) is 2.09. The first-order valence-electron chi connectivity index (χ1n) is 8.84. The summed E-state index contributed by atoms with van der Waals surface area (Å²) < 4.78 is 3.78. The first-order valence-corrected chi connectivity index (χ1v) is 8.84. The third kappa shape index (κ3) is 4.71. The Hall–Kier alpha value is -2.57. The van der Waals surface area contributed by atoms with Crippen LogP contribution in [0.3, 0.4) is 0 Å². The molecule has 7 nitrogen and oxygen atoms in total. The van der Waals surface area contributed by atoms with Crippen molar-refractivity contribution in [2.24, 2.45) is 5.92 Å². The van der Waals surface area contributed by atoms with Crippen LogP contribution in [0.4, 0.5) is 10.6 Å². The highest BCUT2D eigenvalue weighted by molar-refractivity contribution is 5.88. The van der Waals surface area contributed by atoms with Crippen LogP contribution in [-0.4, -0.2) is 32.1 Å². The molecule has 2 amide bonds. The molecule has 0 fully saturated rings. The number of hydrogen-bond acceptors (Lipinski definition) is 3. The molecule has 2 heterocycles. The largest absolute Gasteiger partial charge is 0.336 e. The second kappa shape index (κ2) is 8.00. The second-order valence-electron chi connectivity index (χ2n) is 6.58. The summed E-state index contributed by atoms with van der Waals surface area (Å²) in [5.74, 6) is 1.32. The van der Waals surface area contributed by atoms with Gasteiger partial charge < -0.3 is 5.32 Å². The number of amides is 2. The van der Waals surface area contributed by atoms with E-state index in [9.17, 15) is 4.79 Å². The predicted octanol–water partition coefficient (Wildman–Crippen LogP) is 2.87. The first-order chi connectivity index (χ1) is 12.1. The van der Waals surface area contributed by atoms with E-state index in [1.807, 2.05) is 35.3 Å². The van der Waals surface area contributed by atoms with Gasteiger partial charge in [-0.3, -0.25) is 10.00 Å². The van der Waals surface area contributed by atoms with Crippen molar-refractivity contribution < 1.29 is 4.79 Å². The number of carbonyl (C=O) groups is 1. The zero-order chi connectivity index (χ0) is 17.6. The molecule has 7 heteroatoms. The maximum atomic E-state index is 12.1. The van der Waals surface area contributed by atoms with Crippen LogP contribution in [0.25, 0.3) is 0 Å². The van der Waals surface area contributed by atoms with Gasteiger partial charge in [0.25, 0.3) is 0 Å². The minimum atomic E-state index is -0.216. The second-order valence-corrected chi connectivity index (χ2v) is 6.58. The zero-order valence-corrected chi connectivity index (χ0v) is 14.9. The lowest BCUT2D eigenvalue weighted by molar-refractivity contribution is 0.251. The summed E-state index contributed by atoms with van der Waals surface area (Å²) >= 11 is 0. The molecule has 134 valence electrons. The fourth-order valence-electron chi connectivity index (χ4n) is 3.19. The maximum Gasteiger partial charge on any atom is 0.320 e. The maximum absolute atomic E-state index is 12.1. The van der Waals surface area contributed by atoms with Gasteiger partial charge in [-0.25, -0.2) is 9.48 Å². The molecule has 2 N–H and O–H groups in total. The molecule has 0 bridgehead atoms. The molecule has 2 aromatic heterocycles. The molecule has 0 unspecified atom stereocenters. The van der Waals surface area contributed by atoms with Crippen LogP contribution >= 0.6 is 0 Å². The Morgan fingerprint density at radius 2 is 2.20 bits per heavy atom. The van der Waals surface area contributed by atoms with E-state index in [1.165, 1.54) is 6.42 Å². The Morgan fingerprint density at radius 3 is 2.92 bits per heavy atom. The van der Waals surface area contributed by atoms with Crippen molar-refractivity contribution in [1.82, 2.24) is 24.9 Å². The smallest absolute Gasteiger partial charge is 0.320 e. The number of hydrogen-bond donors (Lipinski definition) is 2. The van der Waals surface area contributed by atoms with E-state index in [0.29, 0.717) is 19.0 Å². The molecule has 0 radical (unpaired) electrons. The van der Waals surface area contributed by atoms with E-state index in [4.69, 9.17) is 0 Å². The number of anilines is 1. The van der Waals surface area contributed by atoms with Gasteiger partial charge in [0.2, 0.25) is 0 Å². The minimum Gasteiger partial charge on any atom is -0.336 e. The quantitative estimate of drug-likeness (QED) is 0.793. The Balaban J connectivity index is 1.47. The lowest BCUT2D eigenvalue weighted by Crippen LogP contribution is -2.32. The average Bonchev–Trinajstić information content (AvgIpc) is 3.14. The number of urea groups is 1. The third-order valence-corrected chi connectivity index (χ3v) is 4.48. The molecule has 0 aromatic carbocycles. The van der Waals surface area contributed by atoms with Gasteiger partial charge >= 0.3 is 6.03 Å². The number of allylic oxidation sites excluding steroid dienone is 2. The van der Waals surface area contributed by atoms with E-state index in [2.05, 4.69) is 33.0 Å². The molecular formula is C18H26N6O. The SMILES string of the molecule is Cc1cc(C)n(CCNC(=O)Nc2ccnn2C[C@@H]2CC=CCC2)n1. The van der Waals surface area contributed by atoms with Gasteiger partial charge in [-0.1, -0.05) is 12.2 Å². The van der Waals surface area contributed by atoms with Crippen molar-refractivity contribution in [2.45, 2.75) is 46.2 Å². The monoisotopic (exact) mass is 342 g/mol. The van der Waals surface area contributed by atoms with Crippen molar-refractivity contribution in [3.8, 4) is 0 Å². The summed E-state index contributed by atoms with van der Waals surface area (Å²) in [5, 5.41) is 14.5. The molecule has 2 aromatic rings. The number of nitrogens with zero attached hydrogens (tertiary/aromatic N) is 4. The van der Waals surface area contributed by atoms with Gasteiger partial charge in [0.05, 0.1) is 18.4 Å². The van der Waals surface area contributed by atoms with Crippen LogP contribution in [0, 0.1) is 19.8 Å². The van der Waals surface area contributed by atoms with Crippen LogP contribution in [0.2, 0.25) is 0 Å². The highest BCUT2D eigenvalue weighted by Gasteiger charge is 2.14. The van der Waals surface area contributed by atoms with Gasteiger partial charge in [0.15, 0.2) is 0 Å². The number of aromatic nitrogens is 4. The number of aryl methyl sites for hydroxylation is 2. The Labute approximate surface area is 148 Å². The third-order valence-electron chi connectivity index (χ3n) is 4.48. The number of carbonyl (C=O) groups excluding carboxylic acids is 1. The molecule has 0 saturated carbocycles. The van der Waals surface area contributed by atoms with Crippen molar-refractivity contribution >= 4 is 11.8 Å². The van der Waals surface area contributed by atoms with E-state index in [0.717, 1.165) is 36.6 Å². The molecule has 0 aliphatic heterocycles. The van der Waals surface area contributed by atoms with Crippen LogP contribution in [0.15, 0.2) is 30.5 Å². The molecule has 1 aliphatic rings. The predicted molar refractivity (Wildman–Crippen MR) is 97.4 cm³/mol. The van der Waals surface area contributed by atoms with Crippen LogP contribution in [0.1, 0.15) is 30.7 Å². The van der Waals surface area contributed by atoms with E-state index in [-0.39, 0.29) is 6.03 Å². The van der Waals surface area contributed by atoms with Gasteiger partial charge in [-0.2, -0.15) is 10.2 Å². The fourth-order valence-corrected chi connectivity index (χ4v) is 3.19. The van der Waals surface area contributed by atoms with Crippen molar-refractivity contribution in [3.63, 3.8) is 0 Å². The van der Waals surface area contributed by atoms with Crippen molar-refractivity contribution in [2.75, 3.05) is 11.9 Å². The molecule has 1 atom stereocenters. The van der Waals surface area contributed by atoms with Crippen molar-refractivity contribution in [1.29, 1.82) is 0 Å². The molecule has 0 spiro atoms. The summed E-state index contributed by atoms with van der Waals surface area (Å²) in [7, 11) is 0. The van der Waals surface area contributed by atoms with Gasteiger partial charge in [-0.15, -0.1) is 0 Å². The van der Waals surface area contributed by atoms with Crippen LogP contribution in [0.5, 0.6) is 0 Å². The van der Waals surface area contributed by atoms with E-state index < -0.39 is 0 Å². The molecule has 3 rings (SSSR count). The standard InChI is InChI=1S/C18H26N6O/c1-14-12-15(2)23(22-14)11-10-19-18(25)21-17-8-9-20-24(17)13-16-6-4-3-5-7-16/h3-4,8-9,12,16H,5-7,10-11,13H2,1-2H3,(H2,19,21,25)/t16-/m1/s1. The fraction of sp³-hybridized carbons (Fsp3) is 0.500.